The van der Waals surface area contributed by atoms with Gasteiger partial charge in [-0.25, -0.2) is 4.98 Å². The van der Waals surface area contributed by atoms with E-state index in [2.05, 4.69) is 17.9 Å². The number of thiazole rings is 1. The zero-order chi connectivity index (χ0) is 18.8. The van der Waals surface area contributed by atoms with Crippen molar-refractivity contribution >= 4 is 55.5 Å². The minimum Gasteiger partial charge on any atom is -0.379 e. The highest BCUT2D eigenvalue weighted by atomic mass is 35.5. The maximum atomic E-state index is 13.2. The molecular weight excluding hydrogens is 402 g/mol. The molecule has 0 saturated carbocycles. The Morgan fingerprint density at radius 3 is 2.81 bits per heavy atom. The minimum absolute atomic E-state index is 0.0454. The number of aromatic nitrogens is 1. The zero-order valence-corrected chi connectivity index (χ0v) is 17.4. The number of hydrogen-bond acceptors (Lipinski definition) is 6. The number of amides is 1. The number of hydrogen-bond donors (Lipinski definition) is 0. The lowest BCUT2D eigenvalue weighted by Crippen LogP contribution is -2.43. The molecule has 5 nitrogen and oxygen atoms in total. The summed E-state index contributed by atoms with van der Waals surface area (Å²) in [6.45, 7) is 6.73. The molecule has 142 valence electrons. The van der Waals surface area contributed by atoms with Crippen molar-refractivity contribution in [3.8, 4) is 0 Å². The summed E-state index contributed by atoms with van der Waals surface area (Å²) in [7, 11) is 0. The van der Waals surface area contributed by atoms with Gasteiger partial charge < -0.3 is 4.74 Å². The van der Waals surface area contributed by atoms with Crippen LogP contribution in [0.25, 0.3) is 10.2 Å². The molecule has 1 amide bonds. The molecule has 0 aliphatic carbocycles. The number of morpholine rings is 1. The Morgan fingerprint density at radius 1 is 1.26 bits per heavy atom. The normalized spacial score (nSPS) is 15.3. The molecule has 1 aliphatic heterocycles. The van der Waals surface area contributed by atoms with E-state index in [9.17, 15) is 4.79 Å². The van der Waals surface area contributed by atoms with E-state index in [0.29, 0.717) is 15.8 Å². The van der Waals surface area contributed by atoms with Gasteiger partial charge in [-0.3, -0.25) is 14.6 Å². The van der Waals surface area contributed by atoms with E-state index in [1.54, 1.807) is 28.4 Å². The van der Waals surface area contributed by atoms with Crippen molar-refractivity contribution in [2.24, 2.45) is 0 Å². The Hall–Kier alpha value is -1.51. The molecule has 0 N–H and O–H groups in total. The average molecular weight is 422 g/mol. The zero-order valence-electron chi connectivity index (χ0n) is 15.0. The Morgan fingerprint density at radius 2 is 2.07 bits per heavy atom. The topological polar surface area (TPSA) is 45.7 Å². The van der Waals surface area contributed by atoms with Gasteiger partial charge in [0, 0.05) is 26.2 Å². The van der Waals surface area contributed by atoms with E-state index in [1.807, 2.05) is 12.1 Å². The number of halogens is 1. The molecule has 3 heterocycles. The molecule has 1 aliphatic rings. The van der Waals surface area contributed by atoms with Gasteiger partial charge in [0.05, 0.1) is 32.6 Å². The van der Waals surface area contributed by atoms with Gasteiger partial charge in [0.25, 0.3) is 5.91 Å². The lowest BCUT2D eigenvalue weighted by atomic mass is 10.2. The van der Waals surface area contributed by atoms with Crippen molar-refractivity contribution in [2.45, 2.75) is 6.92 Å². The van der Waals surface area contributed by atoms with Gasteiger partial charge in [-0.05, 0) is 36.8 Å². The number of carbonyl (C=O) groups is 1. The largest absolute Gasteiger partial charge is 0.379 e. The number of anilines is 1. The Balaban J connectivity index is 1.62. The number of aryl methyl sites for hydroxylation is 1. The summed E-state index contributed by atoms with van der Waals surface area (Å²) >= 11 is 8.91. The van der Waals surface area contributed by atoms with Gasteiger partial charge in [0.15, 0.2) is 5.13 Å². The molecule has 0 spiro atoms. The van der Waals surface area contributed by atoms with Crippen molar-refractivity contribution in [3.63, 3.8) is 0 Å². The highest BCUT2D eigenvalue weighted by molar-refractivity contribution is 7.22. The second kappa shape index (κ2) is 8.24. The predicted octanol–water partition coefficient (Wildman–Crippen LogP) is 4.30. The fourth-order valence-corrected chi connectivity index (χ4v) is 5.13. The first-order valence-corrected chi connectivity index (χ1v) is 10.9. The van der Waals surface area contributed by atoms with Crippen LogP contribution in [0.15, 0.2) is 30.3 Å². The maximum absolute atomic E-state index is 13.2. The molecule has 27 heavy (non-hydrogen) atoms. The van der Waals surface area contributed by atoms with Crippen LogP contribution in [-0.2, 0) is 4.74 Å². The fourth-order valence-electron chi connectivity index (χ4n) is 3.05. The smallest absolute Gasteiger partial charge is 0.270 e. The van der Waals surface area contributed by atoms with Crippen molar-refractivity contribution in [3.05, 3.63) is 45.1 Å². The van der Waals surface area contributed by atoms with Gasteiger partial charge in [-0.15, -0.1) is 11.3 Å². The molecule has 0 bridgehead atoms. The van der Waals surface area contributed by atoms with Crippen molar-refractivity contribution in [1.29, 1.82) is 0 Å². The fraction of sp³-hybridized carbons (Fsp3) is 0.368. The molecule has 4 rings (SSSR count). The van der Waals surface area contributed by atoms with Crippen LogP contribution in [0.3, 0.4) is 0 Å². The highest BCUT2D eigenvalue weighted by Gasteiger charge is 2.24. The summed E-state index contributed by atoms with van der Waals surface area (Å²) in [4.78, 5) is 22.6. The van der Waals surface area contributed by atoms with Crippen molar-refractivity contribution < 1.29 is 9.53 Å². The predicted molar refractivity (Wildman–Crippen MR) is 113 cm³/mol. The number of carbonyl (C=O) groups excluding carboxylic acids is 1. The summed E-state index contributed by atoms with van der Waals surface area (Å²) in [6, 6.07) is 9.72. The van der Waals surface area contributed by atoms with Gasteiger partial charge in [0.1, 0.15) is 0 Å². The van der Waals surface area contributed by atoms with Crippen molar-refractivity contribution in [2.75, 3.05) is 44.3 Å². The van der Waals surface area contributed by atoms with Crippen LogP contribution < -0.4 is 4.90 Å². The molecular formula is C19H20ClN3O2S2. The Bertz CT molecular complexity index is 949. The Kier molecular flexibility index (Phi) is 5.75. The molecule has 3 aromatic rings. The van der Waals surface area contributed by atoms with Crippen LogP contribution in [0, 0.1) is 6.92 Å². The standard InChI is InChI=1S/C19H20ClN3O2S2/c1-13-2-3-14-16(12-13)27-19(21-14)23(7-6-22-8-10-25-11-9-22)18(24)15-4-5-17(20)26-15/h2-5,12H,6-11H2,1H3. The molecule has 0 unspecified atom stereocenters. The van der Waals surface area contributed by atoms with Gasteiger partial charge in [0.2, 0.25) is 0 Å². The molecule has 8 heteroatoms. The summed E-state index contributed by atoms with van der Waals surface area (Å²) in [5.41, 5.74) is 2.11. The third kappa shape index (κ3) is 4.33. The first-order chi connectivity index (χ1) is 13.1. The quantitative estimate of drug-likeness (QED) is 0.616. The number of nitrogens with zero attached hydrogens (tertiary/aromatic N) is 3. The van der Waals surface area contributed by atoms with Gasteiger partial charge >= 0.3 is 0 Å². The number of ether oxygens (including phenoxy) is 1. The maximum Gasteiger partial charge on any atom is 0.270 e. The second-order valence-corrected chi connectivity index (χ2v) is 9.21. The number of fused-ring (bicyclic) bond motifs is 1. The number of rotatable bonds is 5. The van der Waals surface area contributed by atoms with E-state index in [1.165, 1.54) is 16.9 Å². The van der Waals surface area contributed by atoms with Crippen LogP contribution in [0.2, 0.25) is 4.34 Å². The van der Waals surface area contributed by atoms with Crippen LogP contribution in [0.1, 0.15) is 15.2 Å². The summed E-state index contributed by atoms with van der Waals surface area (Å²) < 4.78 is 7.13. The molecule has 1 aromatic carbocycles. The van der Waals surface area contributed by atoms with E-state index in [4.69, 9.17) is 21.3 Å². The molecule has 0 radical (unpaired) electrons. The minimum atomic E-state index is -0.0454. The Labute approximate surface area is 171 Å². The monoisotopic (exact) mass is 421 g/mol. The third-order valence-electron chi connectivity index (χ3n) is 4.54. The lowest BCUT2D eigenvalue weighted by Gasteiger charge is -2.29. The van der Waals surface area contributed by atoms with E-state index in [-0.39, 0.29) is 5.91 Å². The van der Waals surface area contributed by atoms with E-state index in [0.717, 1.165) is 48.2 Å². The molecule has 0 atom stereocenters. The SMILES string of the molecule is Cc1ccc2nc(N(CCN3CCOCC3)C(=O)c3ccc(Cl)s3)sc2c1. The van der Waals surface area contributed by atoms with Gasteiger partial charge in [-0.2, -0.15) is 0 Å². The first kappa shape index (κ1) is 18.8. The molecule has 1 fully saturated rings. The first-order valence-electron chi connectivity index (χ1n) is 8.85. The van der Waals surface area contributed by atoms with Crippen LogP contribution in [0.4, 0.5) is 5.13 Å². The number of benzene rings is 1. The summed E-state index contributed by atoms with van der Waals surface area (Å²) in [5.74, 6) is -0.0454. The van der Waals surface area contributed by atoms with Crippen LogP contribution >= 0.6 is 34.3 Å². The lowest BCUT2D eigenvalue weighted by molar-refractivity contribution is 0.0391. The third-order valence-corrected chi connectivity index (χ3v) is 6.80. The van der Waals surface area contributed by atoms with Gasteiger partial charge in [-0.1, -0.05) is 29.0 Å². The number of thiophene rings is 1. The average Bonchev–Trinajstić information content (AvgIpc) is 3.28. The van der Waals surface area contributed by atoms with Crippen LogP contribution in [-0.4, -0.2) is 55.2 Å². The second-order valence-electron chi connectivity index (χ2n) is 6.48. The highest BCUT2D eigenvalue weighted by Crippen LogP contribution is 2.32. The van der Waals surface area contributed by atoms with Crippen LogP contribution in [0.5, 0.6) is 0 Å². The van der Waals surface area contributed by atoms with E-state index >= 15 is 0 Å². The van der Waals surface area contributed by atoms with Crippen molar-refractivity contribution in [1.82, 2.24) is 9.88 Å². The summed E-state index contributed by atoms with van der Waals surface area (Å²) in [6.07, 6.45) is 0. The molecule has 2 aromatic heterocycles. The molecule has 1 saturated heterocycles. The van der Waals surface area contributed by atoms with E-state index < -0.39 is 0 Å². The summed E-state index contributed by atoms with van der Waals surface area (Å²) in [5, 5.41) is 0.735.